The van der Waals surface area contributed by atoms with Crippen LogP contribution in [0.1, 0.15) is 22.8 Å². The number of nitrogens with zero attached hydrogens (tertiary/aromatic N) is 1. The van der Waals surface area contributed by atoms with Crippen molar-refractivity contribution in [1.29, 1.82) is 0 Å². The lowest BCUT2D eigenvalue weighted by atomic mass is 10.1. The predicted molar refractivity (Wildman–Crippen MR) is 82.0 cm³/mol. The Bertz CT molecular complexity index is 650. The first-order valence-electron chi connectivity index (χ1n) is 6.03. The Kier molecular flexibility index (Phi) is 4.38. The van der Waals surface area contributed by atoms with Crippen molar-refractivity contribution in [2.24, 2.45) is 5.10 Å². The van der Waals surface area contributed by atoms with Crippen LogP contribution in [0.25, 0.3) is 0 Å². The molecule has 0 aliphatic carbocycles. The molecule has 2 rings (SSSR count). The minimum Gasteiger partial charge on any atom is -0.399 e. The van der Waals surface area contributed by atoms with E-state index in [0.717, 1.165) is 5.56 Å². The molecular weight excluding hydrogens is 274 g/mol. The number of hydrogen-bond acceptors (Lipinski definition) is 3. The SMILES string of the molecule is C/C(=N/NC(=O)c1ccccc1Cl)c1ccc(N)cc1. The zero-order chi connectivity index (χ0) is 14.5. The second-order valence-corrected chi connectivity index (χ2v) is 4.65. The summed E-state index contributed by atoms with van der Waals surface area (Å²) in [5, 5.41) is 4.45. The van der Waals surface area contributed by atoms with Crippen LogP contribution in [-0.4, -0.2) is 11.6 Å². The number of anilines is 1. The lowest BCUT2D eigenvalue weighted by Gasteiger charge is -2.04. The Hall–Kier alpha value is -2.33. The number of amides is 1. The van der Waals surface area contributed by atoms with Crippen molar-refractivity contribution in [3.05, 3.63) is 64.7 Å². The van der Waals surface area contributed by atoms with Gasteiger partial charge in [0.05, 0.1) is 16.3 Å². The van der Waals surface area contributed by atoms with Gasteiger partial charge < -0.3 is 5.73 Å². The molecule has 0 unspecified atom stereocenters. The van der Waals surface area contributed by atoms with Gasteiger partial charge in [0.1, 0.15) is 0 Å². The summed E-state index contributed by atoms with van der Waals surface area (Å²) in [6.07, 6.45) is 0. The number of carbonyl (C=O) groups excluding carboxylic acids is 1. The highest BCUT2D eigenvalue weighted by atomic mass is 35.5. The van der Waals surface area contributed by atoms with Crippen LogP contribution < -0.4 is 11.2 Å². The van der Waals surface area contributed by atoms with Gasteiger partial charge in [-0.25, -0.2) is 5.43 Å². The molecule has 0 radical (unpaired) electrons. The van der Waals surface area contributed by atoms with Crippen LogP contribution in [0.4, 0.5) is 5.69 Å². The van der Waals surface area contributed by atoms with E-state index in [9.17, 15) is 4.79 Å². The van der Waals surface area contributed by atoms with Crippen LogP contribution in [0, 0.1) is 0 Å². The third-order valence-electron chi connectivity index (χ3n) is 2.77. The van der Waals surface area contributed by atoms with Gasteiger partial charge in [-0.3, -0.25) is 4.79 Å². The van der Waals surface area contributed by atoms with Crippen molar-refractivity contribution in [1.82, 2.24) is 5.43 Å². The normalized spacial score (nSPS) is 11.2. The smallest absolute Gasteiger partial charge is 0.272 e. The predicted octanol–water partition coefficient (Wildman–Crippen LogP) is 3.08. The fourth-order valence-electron chi connectivity index (χ4n) is 1.63. The lowest BCUT2D eigenvalue weighted by molar-refractivity contribution is 0.0955. The molecule has 0 saturated carbocycles. The summed E-state index contributed by atoms with van der Waals surface area (Å²) < 4.78 is 0. The van der Waals surface area contributed by atoms with Crippen molar-refractivity contribution < 1.29 is 4.79 Å². The zero-order valence-corrected chi connectivity index (χ0v) is 11.7. The average Bonchev–Trinajstić information content (AvgIpc) is 2.45. The van der Waals surface area contributed by atoms with Crippen molar-refractivity contribution in [2.45, 2.75) is 6.92 Å². The van der Waals surface area contributed by atoms with Crippen LogP contribution in [0.15, 0.2) is 53.6 Å². The van der Waals surface area contributed by atoms with E-state index in [-0.39, 0.29) is 5.91 Å². The summed E-state index contributed by atoms with van der Waals surface area (Å²) in [4.78, 5) is 11.9. The number of nitrogens with two attached hydrogens (primary N) is 1. The molecule has 2 aromatic rings. The molecule has 1 amide bonds. The summed E-state index contributed by atoms with van der Waals surface area (Å²) in [5.74, 6) is -0.342. The average molecular weight is 288 g/mol. The van der Waals surface area contributed by atoms with Crippen LogP contribution in [0.2, 0.25) is 5.02 Å². The highest BCUT2D eigenvalue weighted by Gasteiger charge is 2.08. The molecule has 0 spiro atoms. The maximum atomic E-state index is 11.9. The van der Waals surface area contributed by atoms with Crippen LogP contribution >= 0.6 is 11.6 Å². The van der Waals surface area contributed by atoms with Gasteiger partial charge in [0, 0.05) is 5.69 Å². The maximum absolute atomic E-state index is 11.9. The van der Waals surface area contributed by atoms with E-state index in [4.69, 9.17) is 17.3 Å². The van der Waals surface area contributed by atoms with Crippen molar-refractivity contribution >= 4 is 28.9 Å². The van der Waals surface area contributed by atoms with Crippen molar-refractivity contribution in [2.75, 3.05) is 5.73 Å². The van der Waals surface area contributed by atoms with E-state index in [1.807, 2.05) is 12.1 Å². The Morgan fingerprint density at radius 2 is 1.80 bits per heavy atom. The number of carbonyl (C=O) groups is 1. The highest BCUT2D eigenvalue weighted by Crippen LogP contribution is 2.14. The van der Waals surface area contributed by atoms with Crippen LogP contribution in [-0.2, 0) is 0 Å². The zero-order valence-electron chi connectivity index (χ0n) is 10.9. The van der Waals surface area contributed by atoms with Gasteiger partial charge in [-0.05, 0) is 36.8 Å². The molecule has 0 atom stereocenters. The monoisotopic (exact) mass is 287 g/mol. The first kappa shape index (κ1) is 14.1. The molecule has 0 aromatic heterocycles. The van der Waals surface area contributed by atoms with E-state index in [1.165, 1.54) is 0 Å². The van der Waals surface area contributed by atoms with Crippen LogP contribution in [0.5, 0.6) is 0 Å². The number of halogens is 1. The lowest BCUT2D eigenvalue weighted by Crippen LogP contribution is -2.19. The fourth-order valence-corrected chi connectivity index (χ4v) is 1.85. The quantitative estimate of drug-likeness (QED) is 0.517. The van der Waals surface area contributed by atoms with E-state index in [2.05, 4.69) is 10.5 Å². The molecule has 20 heavy (non-hydrogen) atoms. The van der Waals surface area contributed by atoms with E-state index in [0.29, 0.717) is 22.0 Å². The molecule has 0 aliphatic rings. The third kappa shape index (κ3) is 3.36. The molecular formula is C15H14ClN3O. The Morgan fingerprint density at radius 3 is 2.45 bits per heavy atom. The molecule has 3 N–H and O–H groups in total. The van der Waals surface area contributed by atoms with E-state index < -0.39 is 0 Å². The molecule has 0 heterocycles. The van der Waals surface area contributed by atoms with Crippen LogP contribution in [0.3, 0.4) is 0 Å². The Balaban J connectivity index is 2.11. The topological polar surface area (TPSA) is 67.5 Å². The third-order valence-corrected chi connectivity index (χ3v) is 3.10. The maximum Gasteiger partial charge on any atom is 0.272 e. The molecule has 0 saturated heterocycles. The molecule has 4 nitrogen and oxygen atoms in total. The molecule has 0 bridgehead atoms. The number of benzene rings is 2. The van der Waals surface area contributed by atoms with E-state index in [1.54, 1.807) is 43.3 Å². The highest BCUT2D eigenvalue weighted by molar-refractivity contribution is 6.33. The molecule has 2 aromatic carbocycles. The largest absolute Gasteiger partial charge is 0.399 e. The number of nitrogen functional groups attached to an aromatic ring is 1. The van der Waals surface area contributed by atoms with Gasteiger partial charge in [-0.1, -0.05) is 35.9 Å². The summed E-state index contributed by atoms with van der Waals surface area (Å²) in [7, 11) is 0. The van der Waals surface area contributed by atoms with Gasteiger partial charge in [-0.2, -0.15) is 5.10 Å². The first-order chi connectivity index (χ1) is 9.58. The first-order valence-corrected chi connectivity index (χ1v) is 6.41. The van der Waals surface area contributed by atoms with Gasteiger partial charge in [0.25, 0.3) is 5.91 Å². The Labute approximate surface area is 122 Å². The number of hydrazone groups is 1. The fraction of sp³-hybridized carbons (Fsp3) is 0.0667. The number of rotatable bonds is 3. The number of hydrogen-bond donors (Lipinski definition) is 2. The van der Waals surface area contributed by atoms with Crippen molar-refractivity contribution in [3.63, 3.8) is 0 Å². The summed E-state index contributed by atoms with van der Waals surface area (Å²) in [6, 6.07) is 14.1. The summed E-state index contributed by atoms with van der Waals surface area (Å²) >= 11 is 5.95. The number of nitrogens with one attached hydrogen (secondary N) is 1. The second-order valence-electron chi connectivity index (χ2n) is 4.24. The second kappa shape index (κ2) is 6.21. The molecule has 5 heteroatoms. The minimum atomic E-state index is -0.342. The minimum absolute atomic E-state index is 0.342. The summed E-state index contributed by atoms with van der Waals surface area (Å²) in [5.41, 5.74) is 10.8. The molecule has 0 aliphatic heterocycles. The summed E-state index contributed by atoms with van der Waals surface area (Å²) in [6.45, 7) is 1.80. The van der Waals surface area contributed by atoms with Gasteiger partial charge >= 0.3 is 0 Å². The molecule has 102 valence electrons. The van der Waals surface area contributed by atoms with Gasteiger partial charge in [-0.15, -0.1) is 0 Å². The standard InChI is InChI=1S/C15H14ClN3O/c1-10(11-6-8-12(17)9-7-11)18-19-15(20)13-4-2-3-5-14(13)16/h2-9H,17H2,1H3,(H,19,20)/b18-10-. The van der Waals surface area contributed by atoms with Crippen molar-refractivity contribution in [3.8, 4) is 0 Å². The van der Waals surface area contributed by atoms with Gasteiger partial charge in [0.15, 0.2) is 0 Å². The van der Waals surface area contributed by atoms with Gasteiger partial charge in [0.2, 0.25) is 0 Å². The molecule has 0 fully saturated rings. The van der Waals surface area contributed by atoms with E-state index >= 15 is 0 Å². The Morgan fingerprint density at radius 1 is 1.15 bits per heavy atom.